The van der Waals surface area contributed by atoms with E-state index in [0.717, 1.165) is 12.0 Å². The highest BCUT2D eigenvalue weighted by Gasteiger charge is 2.09. The number of benzene rings is 1. The molecule has 0 bridgehead atoms. The molecule has 0 aliphatic rings. The van der Waals surface area contributed by atoms with Crippen LogP contribution in [-0.2, 0) is 4.74 Å². The predicted octanol–water partition coefficient (Wildman–Crippen LogP) is 2.33. The van der Waals surface area contributed by atoms with Gasteiger partial charge in [-0.25, -0.2) is 4.39 Å². The number of ether oxygens (including phenoxy) is 1. The molecule has 0 spiro atoms. The van der Waals surface area contributed by atoms with Crippen LogP contribution in [0.5, 0.6) is 0 Å². The van der Waals surface area contributed by atoms with Gasteiger partial charge >= 0.3 is 0 Å². The summed E-state index contributed by atoms with van der Waals surface area (Å²) >= 11 is 0. The summed E-state index contributed by atoms with van der Waals surface area (Å²) in [5.74, 6) is -0.211. The molecule has 2 nitrogen and oxygen atoms in total. The number of halogens is 1. The van der Waals surface area contributed by atoms with Crippen molar-refractivity contribution in [3.05, 3.63) is 35.6 Å². The fourth-order valence-corrected chi connectivity index (χ4v) is 1.47. The van der Waals surface area contributed by atoms with Crippen LogP contribution in [-0.4, -0.2) is 24.9 Å². The first-order valence-corrected chi connectivity index (χ1v) is 5.22. The zero-order valence-corrected chi connectivity index (χ0v) is 8.95. The molecule has 15 heavy (non-hydrogen) atoms. The lowest BCUT2D eigenvalue weighted by Gasteiger charge is -2.14. The normalized spacial score (nSPS) is 12.7. The Balaban J connectivity index is 2.53. The van der Waals surface area contributed by atoms with E-state index >= 15 is 0 Å². The maximum Gasteiger partial charge on any atom is 0.123 e. The van der Waals surface area contributed by atoms with Crippen LogP contribution in [0, 0.1) is 5.82 Å². The average Bonchev–Trinajstić information content (AvgIpc) is 2.26. The van der Waals surface area contributed by atoms with E-state index in [9.17, 15) is 9.50 Å². The van der Waals surface area contributed by atoms with Crippen molar-refractivity contribution in [2.24, 2.45) is 0 Å². The molecule has 0 saturated heterocycles. The number of hydrogen-bond donors (Lipinski definition) is 1. The largest absolute Gasteiger partial charge is 0.396 e. The monoisotopic (exact) mass is 212 g/mol. The molecule has 0 fully saturated rings. The summed E-state index contributed by atoms with van der Waals surface area (Å²) in [7, 11) is 0. The summed E-state index contributed by atoms with van der Waals surface area (Å²) in [4.78, 5) is 0. The van der Waals surface area contributed by atoms with E-state index in [1.54, 1.807) is 12.1 Å². The van der Waals surface area contributed by atoms with Crippen LogP contribution in [0.1, 0.15) is 24.8 Å². The number of aliphatic hydroxyl groups excluding tert-OH is 1. The van der Waals surface area contributed by atoms with Crippen molar-refractivity contribution in [3.8, 4) is 0 Å². The maximum absolute atomic E-state index is 12.7. The third-order valence-corrected chi connectivity index (χ3v) is 2.38. The van der Waals surface area contributed by atoms with E-state index in [1.807, 2.05) is 6.92 Å². The van der Waals surface area contributed by atoms with Gasteiger partial charge < -0.3 is 9.84 Å². The summed E-state index contributed by atoms with van der Waals surface area (Å²) < 4.78 is 17.9. The minimum absolute atomic E-state index is 0.0390. The quantitative estimate of drug-likeness (QED) is 0.733. The first kappa shape index (κ1) is 12.1. The predicted molar refractivity (Wildman–Crippen MR) is 57.3 cm³/mol. The highest BCUT2D eigenvalue weighted by atomic mass is 19.1. The minimum atomic E-state index is -0.250. The maximum atomic E-state index is 12.7. The summed E-state index contributed by atoms with van der Waals surface area (Å²) in [6.07, 6.45) is 0.760. The molecule has 0 aromatic heterocycles. The Morgan fingerprint density at radius 2 is 2.00 bits per heavy atom. The smallest absolute Gasteiger partial charge is 0.123 e. The topological polar surface area (TPSA) is 29.5 Å². The molecular weight excluding hydrogens is 195 g/mol. The van der Waals surface area contributed by atoms with Gasteiger partial charge in [-0.05, 0) is 31.0 Å². The van der Waals surface area contributed by atoms with Gasteiger partial charge in [-0.1, -0.05) is 12.1 Å². The second-order valence-corrected chi connectivity index (χ2v) is 3.42. The molecule has 1 aromatic rings. The molecule has 0 heterocycles. The van der Waals surface area contributed by atoms with Crippen LogP contribution in [0.3, 0.4) is 0 Å². The summed E-state index contributed by atoms with van der Waals surface area (Å²) in [6.45, 7) is 3.31. The van der Waals surface area contributed by atoms with E-state index in [0.29, 0.717) is 13.2 Å². The lowest BCUT2D eigenvalue weighted by atomic mass is 9.97. The molecule has 0 radical (unpaired) electrons. The van der Waals surface area contributed by atoms with Crippen molar-refractivity contribution >= 4 is 0 Å². The standard InChI is InChI=1S/C12H17FO2/c1-2-15-8-7-11(9-14)10-3-5-12(13)6-4-10/h3-6,11,14H,2,7-9H2,1H3. The van der Waals surface area contributed by atoms with Crippen LogP contribution < -0.4 is 0 Å². The van der Waals surface area contributed by atoms with Crippen LogP contribution in [0.25, 0.3) is 0 Å². The van der Waals surface area contributed by atoms with Crippen LogP contribution in [0.15, 0.2) is 24.3 Å². The average molecular weight is 212 g/mol. The molecule has 1 aromatic carbocycles. The van der Waals surface area contributed by atoms with Crippen molar-refractivity contribution in [1.29, 1.82) is 0 Å². The van der Waals surface area contributed by atoms with Crippen molar-refractivity contribution in [1.82, 2.24) is 0 Å². The third-order valence-electron chi connectivity index (χ3n) is 2.38. The SMILES string of the molecule is CCOCCC(CO)c1ccc(F)cc1. The lowest BCUT2D eigenvalue weighted by molar-refractivity contribution is 0.130. The van der Waals surface area contributed by atoms with Gasteiger partial charge in [-0.3, -0.25) is 0 Å². The van der Waals surface area contributed by atoms with Crippen molar-refractivity contribution in [3.63, 3.8) is 0 Å². The van der Waals surface area contributed by atoms with Gasteiger partial charge in [0.1, 0.15) is 5.82 Å². The van der Waals surface area contributed by atoms with E-state index in [2.05, 4.69) is 0 Å². The highest BCUT2D eigenvalue weighted by molar-refractivity contribution is 5.20. The molecule has 1 N–H and O–H groups in total. The summed E-state index contributed by atoms with van der Waals surface area (Å²) in [5.41, 5.74) is 0.957. The Labute approximate surface area is 89.7 Å². The molecule has 0 aliphatic carbocycles. The molecule has 1 unspecified atom stereocenters. The van der Waals surface area contributed by atoms with E-state index in [1.165, 1.54) is 12.1 Å². The molecule has 0 aliphatic heterocycles. The first-order chi connectivity index (χ1) is 7.27. The zero-order chi connectivity index (χ0) is 11.1. The van der Waals surface area contributed by atoms with E-state index in [4.69, 9.17) is 4.74 Å². The van der Waals surface area contributed by atoms with Gasteiger partial charge in [0.15, 0.2) is 0 Å². The van der Waals surface area contributed by atoms with Crippen LogP contribution in [0.4, 0.5) is 4.39 Å². The van der Waals surface area contributed by atoms with Gasteiger partial charge in [-0.2, -0.15) is 0 Å². The van der Waals surface area contributed by atoms with Crippen molar-refractivity contribution in [2.75, 3.05) is 19.8 Å². The molecule has 3 heteroatoms. The minimum Gasteiger partial charge on any atom is -0.396 e. The Morgan fingerprint density at radius 3 is 2.53 bits per heavy atom. The van der Waals surface area contributed by atoms with Crippen LogP contribution >= 0.6 is 0 Å². The molecule has 1 atom stereocenters. The fourth-order valence-electron chi connectivity index (χ4n) is 1.47. The van der Waals surface area contributed by atoms with Gasteiger partial charge in [0.05, 0.1) is 6.61 Å². The molecule has 0 saturated carbocycles. The molecular formula is C12H17FO2. The second kappa shape index (κ2) is 6.53. The van der Waals surface area contributed by atoms with Gasteiger partial charge in [0.25, 0.3) is 0 Å². The van der Waals surface area contributed by atoms with Gasteiger partial charge in [-0.15, -0.1) is 0 Å². The number of rotatable bonds is 6. The second-order valence-electron chi connectivity index (χ2n) is 3.42. The van der Waals surface area contributed by atoms with Gasteiger partial charge in [0, 0.05) is 19.1 Å². The van der Waals surface area contributed by atoms with Crippen LogP contribution in [0.2, 0.25) is 0 Å². The number of aliphatic hydroxyl groups is 1. The lowest BCUT2D eigenvalue weighted by Crippen LogP contribution is -2.08. The van der Waals surface area contributed by atoms with Crippen molar-refractivity contribution in [2.45, 2.75) is 19.3 Å². The fraction of sp³-hybridized carbons (Fsp3) is 0.500. The highest BCUT2D eigenvalue weighted by Crippen LogP contribution is 2.19. The summed E-state index contributed by atoms with van der Waals surface area (Å²) in [5, 5.41) is 9.20. The Bertz CT molecular complexity index is 271. The Hall–Kier alpha value is -0.930. The van der Waals surface area contributed by atoms with Crippen molar-refractivity contribution < 1.29 is 14.2 Å². The number of hydrogen-bond acceptors (Lipinski definition) is 2. The van der Waals surface area contributed by atoms with E-state index in [-0.39, 0.29) is 18.3 Å². The Morgan fingerprint density at radius 1 is 1.33 bits per heavy atom. The summed E-state index contributed by atoms with van der Waals surface area (Å²) in [6, 6.07) is 6.25. The first-order valence-electron chi connectivity index (χ1n) is 5.22. The van der Waals surface area contributed by atoms with E-state index < -0.39 is 0 Å². The Kier molecular flexibility index (Phi) is 5.29. The zero-order valence-electron chi connectivity index (χ0n) is 8.95. The van der Waals surface area contributed by atoms with Gasteiger partial charge in [0.2, 0.25) is 0 Å². The molecule has 0 amide bonds. The third kappa shape index (κ3) is 3.98. The molecule has 1 rings (SSSR count). The molecule has 84 valence electrons.